The van der Waals surface area contributed by atoms with E-state index in [2.05, 4.69) is 0 Å². The molecule has 0 bridgehead atoms. The van der Waals surface area contributed by atoms with E-state index >= 15 is 0 Å². The van der Waals surface area contributed by atoms with E-state index in [-0.39, 0.29) is 18.9 Å². The third-order valence-electron chi connectivity index (χ3n) is 2.54. The minimum atomic E-state index is -0.437. The number of rotatable bonds is 7. The first-order chi connectivity index (χ1) is 8.90. The summed E-state index contributed by atoms with van der Waals surface area (Å²) in [6.07, 6.45) is 0. The van der Waals surface area contributed by atoms with E-state index in [0.717, 1.165) is 0 Å². The molecular weight excluding hydrogens is 264 g/mol. The van der Waals surface area contributed by atoms with E-state index in [4.69, 9.17) is 17.3 Å². The predicted molar refractivity (Wildman–Crippen MR) is 76.3 cm³/mol. The number of benzene rings is 1. The summed E-state index contributed by atoms with van der Waals surface area (Å²) >= 11 is 5.98. The third kappa shape index (κ3) is 5.41. The zero-order chi connectivity index (χ0) is 14.4. The van der Waals surface area contributed by atoms with Gasteiger partial charge in [-0.1, -0.05) is 37.6 Å². The maximum absolute atomic E-state index is 12.2. The van der Waals surface area contributed by atoms with Crippen molar-refractivity contribution in [3.63, 3.8) is 0 Å². The molecule has 0 aliphatic rings. The van der Waals surface area contributed by atoms with Gasteiger partial charge < -0.3 is 5.73 Å². The molecule has 0 atom stereocenters. The SMILES string of the molecule is CC(C)CN(CC(N)=O)CC(=O)c1ccccc1Cl. The number of carbonyl (C=O) groups is 2. The lowest BCUT2D eigenvalue weighted by Gasteiger charge is -2.22. The van der Waals surface area contributed by atoms with Crippen LogP contribution in [0.4, 0.5) is 0 Å². The number of nitrogens with zero attached hydrogens (tertiary/aromatic N) is 1. The number of hydrogen-bond donors (Lipinski definition) is 1. The topological polar surface area (TPSA) is 63.4 Å². The van der Waals surface area contributed by atoms with Gasteiger partial charge in [0.25, 0.3) is 0 Å². The van der Waals surface area contributed by atoms with Crippen molar-refractivity contribution < 1.29 is 9.59 Å². The van der Waals surface area contributed by atoms with E-state index in [0.29, 0.717) is 23.0 Å². The largest absolute Gasteiger partial charge is 0.369 e. The number of carbonyl (C=O) groups excluding carboxylic acids is 2. The first-order valence-corrected chi connectivity index (χ1v) is 6.56. The molecular formula is C14H19ClN2O2. The molecule has 0 saturated carbocycles. The smallest absolute Gasteiger partial charge is 0.231 e. The lowest BCUT2D eigenvalue weighted by Crippen LogP contribution is -2.39. The summed E-state index contributed by atoms with van der Waals surface area (Å²) in [5, 5.41) is 0.427. The Kier molecular flexibility index (Phi) is 5.99. The highest BCUT2D eigenvalue weighted by Crippen LogP contribution is 2.16. The van der Waals surface area contributed by atoms with Crippen molar-refractivity contribution in [2.75, 3.05) is 19.6 Å². The summed E-state index contributed by atoms with van der Waals surface area (Å²) in [5.74, 6) is -0.196. The molecule has 1 amide bonds. The molecule has 1 aromatic carbocycles. The Bertz CT molecular complexity index is 461. The second-order valence-electron chi connectivity index (χ2n) is 4.93. The second kappa shape index (κ2) is 7.26. The Hall–Kier alpha value is -1.39. The first-order valence-electron chi connectivity index (χ1n) is 6.18. The molecule has 104 valence electrons. The molecule has 2 N–H and O–H groups in total. The highest BCUT2D eigenvalue weighted by atomic mass is 35.5. The van der Waals surface area contributed by atoms with Crippen molar-refractivity contribution in [2.45, 2.75) is 13.8 Å². The Labute approximate surface area is 118 Å². The van der Waals surface area contributed by atoms with Crippen LogP contribution in [0.15, 0.2) is 24.3 Å². The minimum Gasteiger partial charge on any atom is -0.369 e. The second-order valence-corrected chi connectivity index (χ2v) is 5.34. The number of nitrogens with two attached hydrogens (primary N) is 1. The number of primary amides is 1. The normalized spacial score (nSPS) is 11.0. The number of halogens is 1. The molecule has 0 aliphatic carbocycles. The number of Topliss-reactive ketones (excluding diaryl/α,β-unsaturated/α-hetero) is 1. The van der Waals surface area contributed by atoms with Crippen LogP contribution in [-0.4, -0.2) is 36.2 Å². The van der Waals surface area contributed by atoms with Gasteiger partial charge in [-0.05, 0) is 18.1 Å². The first kappa shape index (κ1) is 15.7. The molecule has 5 heteroatoms. The molecule has 1 rings (SSSR count). The van der Waals surface area contributed by atoms with Crippen LogP contribution in [0.1, 0.15) is 24.2 Å². The number of amides is 1. The van der Waals surface area contributed by atoms with Crippen molar-refractivity contribution in [1.29, 1.82) is 0 Å². The number of hydrogen-bond acceptors (Lipinski definition) is 3. The maximum Gasteiger partial charge on any atom is 0.231 e. The average molecular weight is 283 g/mol. The molecule has 4 nitrogen and oxygen atoms in total. The Morgan fingerprint density at radius 1 is 1.26 bits per heavy atom. The standard InChI is InChI=1S/C14H19ClN2O2/c1-10(2)7-17(9-14(16)19)8-13(18)11-5-3-4-6-12(11)15/h3-6,10H,7-9H2,1-2H3,(H2,16,19). The maximum atomic E-state index is 12.2. The van der Waals surface area contributed by atoms with E-state index in [1.54, 1.807) is 29.2 Å². The molecule has 19 heavy (non-hydrogen) atoms. The molecule has 0 aromatic heterocycles. The van der Waals surface area contributed by atoms with Crippen molar-refractivity contribution in [1.82, 2.24) is 4.90 Å². The fourth-order valence-electron chi connectivity index (χ4n) is 1.90. The van der Waals surface area contributed by atoms with Crippen molar-refractivity contribution in [3.8, 4) is 0 Å². The minimum absolute atomic E-state index is 0.0778. The molecule has 1 aromatic rings. The fourth-order valence-corrected chi connectivity index (χ4v) is 2.14. The lowest BCUT2D eigenvalue weighted by atomic mass is 10.1. The van der Waals surface area contributed by atoms with Gasteiger partial charge in [0, 0.05) is 12.1 Å². The quantitative estimate of drug-likeness (QED) is 0.778. The zero-order valence-electron chi connectivity index (χ0n) is 11.2. The Morgan fingerprint density at radius 2 is 1.89 bits per heavy atom. The van der Waals surface area contributed by atoms with Gasteiger partial charge in [-0.15, -0.1) is 0 Å². The zero-order valence-corrected chi connectivity index (χ0v) is 12.0. The summed E-state index contributed by atoms with van der Waals surface area (Å²) in [4.78, 5) is 24.9. The monoisotopic (exact) mass is 282 g/mol. The summed E-state index contributed by atoms with van der Waals surface area (Å²) in [7, 11) is 0. The molecule has 0 unspecified atom stereocenters. The lowest BCUT2D eigenvalue weighted by molar-refractivity contribution is -0.119. The van der Waals surface area contributed by atoms with Crippen molar-refractivity contribution in [2.24, 2.45) is 11.7 Å². The average Bonchev–Trinajstić information content (AvgIpc) is 2.27. The van der Waals surface area contributed by atoms with E-state index < -0.39 is 5.91 Å². The molecule has 0 spiro atoms. The van der Waals surface area contributed by atoms with Gasteiger partial charge in [-0.2, -0.15) is 0 Å². The van der Waals surface area contributed by atoms with Crippen LogP contribution in [0.5, 0.6) is 0 Å². The van der Waals surface area contributed by atoms with Crippen molar-refractivity contribution >= 4 is 23.3 Å². The van der Waals surface area contributed by atoms with Crippen LogP contribution in [-0.2, 0) is 4.79 Å². The van der Waals surface area contributed by atoms with Crippen LogP contribution in [0.3, 0.4) is 0 Å². The van der Waals surface area contributed by atoms with Gasteiger partial charge in [0.05, 0.1) is 18.1 Å². The van der Waals surface area contributed by atoms with Crippen LogP contribution in [0, 0.1) is 5.92 Å². The van der Waals surface area contributed by atoms with Crippen LogP contribution in [0.25, 0.3) is 0 Å². The van der Waals surface area contributed by atoms with Crippen molar-refractivity contribution in [3.05, 3.63) is 34.9 Å². The van der Waals surface area contributed by atoms with Gasteiger partial charge in [0.1, 0.15) is 0 Å². The van der Waals surface area contributed by atoms with Crippen LogP contribution in [0.2, 0.25) is 5.02 Å². The van der Waals surface area contributed by atoms with E-state index in [1.807, 2.05) is 13.8 Å². The highest BCUT2D eigenvalue weighted by molar-refractivity contribution is 6.34. The van der Waals surface area contributed by atoms with Gasteiger partial charge in [-0.3, -0.25) is 14.5 Å². The molecule has 0 saturated heterocycles. The summed E-state index contributed by atoms with van der Waals surface area (Å²) in [6, 6.07) is 6.90. The summed E-state index contributed by atoms with van der Waals surface area (Å²) in [5.41, 5.74) is 5.67. The van der Waals surface area contributed by atoms with Gasteiger partial charge in [-0.25, -0.2) is 0 Å². The van der Waals surface area contributed by atoms with Gasteiger partial charge >= 0.3 is 0 Å². The Morgan fingerprint density at radius 3 is 2.42 bits per heavy atom. The molecule has 0 fully saturated rings. The van der Waals surface area contributed by atoms with Crippen LogP contribution < -0.4 is 5.73 Å². The van der Waals surface area contributed by atoms with Gasteiger partial charge in [0.15, 0.2) is 5.78 Å². The van der Waals surface area contributed by atoms with E-state index in [9.17, 15) is 9.59 Å². The number of ketones is 1. The molecule has 0 radical (unpaired) electrons. The van der Waals surface area contributed by atoms with Crippen LogP contribution >= 0.6 is 11.6 Å². The van der Waals surface area contributed by atoms with E-state index in [1.165, 1.54) is 0 Å². The third-order valence-corrected chi connectivity index (χ3v) is 2.87. The molecule has 0 heterocycles. The highest BCUT2D eigenvalue weighted by Gasteiger charge is 2.17. The summed E-state index contributed by atoms with van der Waals surface area (Å²) < 4.78 is 0. The summed E-state index contributed by atoms with van der Waals surface area (Å²) in [6.45, 7) is 4.90. The fraction of sp³-hybridized carbons (Fsp3) is 0.429. The predicted octanol–water partition coefficient (Wildman–Crippen LogP) is 1.97. The van der Waals surface area contributed by atoms with Gasteiger partial charge in [0.2, 0.25) is 5.91 Å². The molecule has 0 aliphatic heterocycles. The Balaban J connectivity index is 2.75.